The van der Waals surface area contributed by atoms with Gasteiger partial charge >= 0.3 is 0 Å². The van der Waals surface area contributed by atoms with Gasteiger partial charge in [0.2, 0.25) is 0 Å². The molecule has 1 heterocycles. The van der Waals surface area contributed by atoms with Crippen LogP contribution in [0.5, 0.6) is 0 Å². The Labute approximate surface area is 109 Å². The van der Waals surface area contributed by atoms with Gasteiger partial charge in [-0.25, -0.2) is 5.10 Å². The smallest absolute Gasteiger partial charge is 0.280 e. The number of hydrogen-bond donors (Lipinski definition) is 3. The Bertz CT molecular complexity index is 417. The molecule has 1 aromatic rings. The van der Waals surface area contributed by atoms with Crippen molar-refractivity contribution in [2.75, 3.05) is 18.5 Å². The number of nitrogens with one attached hydrogen (secondary N) is 2. The number of nitrogens with zero attached hydrogens (tertiary/aromatic N) is 1. The molecule has 6 heteroatoms. The number of aliphatic hydroxyl groups is 1. The quantitative estimate of drug-likeness (QED) is 0.748. The number of aromatic amines is 1. The Balaban J connectivity index is 2.61. The SMILES string of the molecule is CC(C)(CCCO)CNc1cn[nH]c(=O)c1Br. The van der Waals surface area contributed by atoms with Gasteiger partial charge in [-0.05, 0) is 34.2 Å². The van der Waals surface area contributed by atoms with Gasteiger partial charge < -0.3 is 10.4 Å². The lowest BCUT2D eigenvalue weighted by Crippen LogP contribution is -2.24. The third-order valence-corrected chi connectivity index (χ3v) is 3.35. The van der Waals surface area contributed by atoms with E-state index >= 15 is 0 Å². The number of halogens is 1. The summed E-state index contributed by atoms with van der Waals surface area (Å²) < 4.78 is 0.463. The van der Waals surface area contributed by atoms with Crippen LogP contribution in [-0.4, -0.2) is 28.5 Å². The fourth-order valence-electron chi connectivity index (χ4n) is 1.49. The number of anilines is 1. The van der Waals surface area contributed by atoms with E-state index in [1.807, 2.05) is 0 Å². The molecule has 5 nitrogen and oxygen atoms in total. The highest BCUT2D eigenvalue weighted by Gasteiger charge is 2.17. The third-order valence-electron chi connectivity index (χ3n) is 2.56. The molecule has 0 saturated carbocycles. The highest BCUT2D eigenvalue weighted by molar-refractivity contribution is 9.10. The fraction of sp³-hybridized carbons (Fsp3) is 0.636. The summed E-state index contributed by atoms with van der Waals surface area (Å²) in [5.41, 5.74) is 0.499. The van der Waals surface area contributed by atoms with E-state index < -0.39 is 0 Å². The van der Waals surface area contributed by atoms with E-state index in [4.69, 9.17) is 5.11 Å². The molecule has 17 heavy (non-hydrogen) atoms. The first-order valence-corrected chi connectivity index (χ1v) is 6.33. The molecule has 1 rings (SSSR count). The number of H-pyrrole nitrogens is 1. The summed E-state index contributed by atoms with van der Waals surface area (Å²) in [6, 6.07) is 0. The fourth-order valence-corrected chi connectivity index (χ4v) is 1.82. The van der Waals surface area contributed by atoms with Gasteiger partial charge in [0.1, 0.15) is 4.47 Å². The van der Waals surface area contributed by atoms with E-state index in [-0.39, 0.29) is 17.6 Å². The van der Waals surface area contributed by atoms with Crippen LogP contribution in [0.3, 0.4) is 0 Å². The minimum absolute atomic E-state index is 0.0603. The molecular weight excluding hydrogens is 286 g/mol. The lowest BCUT2D eigenvalue weighted by molar-refractivity contribution is 0.248. The molecule has 3 N–H and O–H groups in total. The zero-order valence-corrected chi connectivity index (χ0v) is 11.7. The topological polar surface area (TPSA) is 78.0 Å². The maximum absolute atomic E-state index is 11.3. The molecule has 0 fully saturated rings. The van der Waals surface area contributed by atoms with Crippen LogP contribution >= 0.6 is 15.9 Å². The Morgan fingerprint density at radius 3 is 2.94 bits per heavy atom. The first-order valence-electron chi connectivity index (χ1n) is 5.54. The molecule has 0 aliphatic rings. The van der Waals surface area contributed by atoms with Crippen LogP contribution in [0, 0.1) is 5.41 Å². The van der Waals surface area contributed by atoms with Crippen molar-refractivity contribution in [3.8, 4) is 0 Å². The Morgan fingerprint density at radius 2 is 2.29 bits per heavy atom. The second-order valence-corrected chi connectivity index (χ2v) is 5.56. The Morgan fingerprint density at radius 1 is 1.59 bits per heavy atom. The number of hydrogen-bond acceptors (Lipinski definition) is 4. The summed E-state index contributed by atoms with van der Waals surface area (Å²) in [5, 5.41) is 18.1. The van der Waals surface area contributed by atoms with Crippen LogP contribution in [0.25, 0.3) is 0 Å². The number of aromatic nitrogens is 2. The molecule has 0 amide bonds. The maximum atomic E-state index is 11.3. The van der Waals surface area contributed by atoms with E-state index in [0.29, 0.717) is 10.2 Å². The van der Waals surface area contributed by atoms with Gasteiger partial charge in [-0.15, -0.1) is 0 Å². The normalized spacial score (nSPS) is 11.5. The molecule has 0 aliphatic carbocycles. The summed E-state index contributed by atoms with van der Waals surface area (Å²) >= 11 is 3.21. The molecule has 1 aromatic heterocycles. The van der Waals surface area contributed by atoms with Crippen molar-refractivity contribution < 1.29 is 5.11 Å². The van der Waals surface area contributed by atoms with Gasteiger partial charge in [0, 0.05) is 13.2 Å². The van der Waals surface area contributed by atoms with Crippen molar-refractivity contribution in [1.82, 2.24) is 10.2 Å². The lowest BCUT2D eigenvalue weighted by atomic mass is 9.88. The van der Waals surface area contributed by atoms with Crippen molar-refractivity contribution >= 4 is 21.6 Å². The summed E-state index contributed by atoms with van der Waals surface area (Å²) in [5.74, 6) is 0. The van der Waals surface area contributed by atoms with E-state index in [9.17, 15) is 4.79 Å². The van der Waals surface area contributed by atoms with Gasteiger partial charge in [-0.3, -0.25) is 4.79 Å². The maximum Gasteiger partial charge on any atom is 0.280 e. The average Bonchev–Trinajstić information content (AvgIpc) is 2.29. The third kappa shape index (κ3) is 4.47. The van der Waals surface area contributed by atoms with E-state index in [1.165, 1.54) is 0 Å². The van der Waals surface area contributed by atoms with Crippen molar-refractivity contribution in [3.63, 3.8) is 0 Å². The van der Waals surface area contributed by atoms with Crippen LogP contribution in [0.1, 0.15) is 26.7 Å². The molecule has 0 saturated heterocycles. The van der Waals surface area contributed by atoms with Crippen LogP contribution in [0.2, 0.25) is 0 Å². The van der Waals surface area contributed by atoms with Crippen molar-refractivity contribution in [2.45, 2.75) is 26.7 Å². The zero-order chi connectivity index (χ0) is 12.9. The second-order valence-electron chi connectivity index (χ2n) is 4.77. The lowest BCUT2D eigenvalue weighted by Gasteiger charge is -2.25. The Kier molecular flexibility index (Phi) is 5.14. The molecule has 0 radical (unpaired) electrons. The van der Waals surface area contributed by atoms with Gasteiger partial charge in [-0.1, -0.05) is 13.8 Å². The van der Waals surface area contributed by atoms with Crippen LogP contribution in [-0.2, 0) is 0 Å². The van der Waals surface area contributed by atoms with Crippen LogP contribution < -0.4 is 10.9 Å². The molecule has 0 aromatic carbocycles. The summed E-state index contributed by atoms with van der Waals surface area (Å²) in [4.78, 5) is 11.3. The van der Waals surface area contributed by atoms with Gasteiger partial charge in [0.05, 0.1) is 11.9 Å². The molecule has 0 aliphatic heterocycles. The first kappa shape index (κ1) is 14.2. The molecule has 0 atom stereocenters. The standard InChI is InChI=1S/C11H18BrN3O2/c1-11(2,4-3-5-16)7-13-8-6-14-15-10(17)9(8)12/h6,16H,3-5,7H2,1-2H3,(H2,13,15,17). The molecular formula is C11H18BrN3O2. The molecule has 0 spiro atoms. The Hall–Kier alpha value is -0.880. The predicted octanol–water partition coefficient (Wildman–Crippen LogP) is 1.74. The largest absolute Gasteiger partial charge is 0.396 e. The second kappa shape index (κ2) is 6.16. The monoisotopic (exact) mass is 303 g/mol. The van der Waals surface area contributed by atoms with Crippen molar-refractivity contribution in [2.24, 2.45) is 5.41 Å². The van der Waals surface area contributed by atoms with Crippen LogP contribution in [0.4, 0.5) is 5.69 Å². The van der Waals surface area contributed by atoms with Crippen molar-refractivity contribution in [1.29, 1.82) is 0 Å². The van der Waals surface area contributed by atoms with E-state index in [1.54, 1.807) is 6.20 Å². The van der Waals surface area contributed by atoms with E-state index in [2.05, 4.69) is 45.3 Å². The minimum atomic E-state index is -0.247. The predicted molar refractivity (Wildman–Crippen MR) is 71.1 cm³/mol. The highest BCUT2D eigenvalue weighted by atomic mass is 79.9. The van der Waals surface area contributed by atoms with Gasteiger partial charge in [0.15, 0.2) is 0 Å². The summed E-state index contributed by atoms with van der Waals surface area (Å²) in [6.45, 7) is 5.16. The minimum Gasteiger partial charge on any atom is -0.396 e. The zero-order valence-electron chi connectivity index (χ0n) is 10.1. The molecule has 0 bridgehead atoms. The summed E-state index contributed by atoms with van der Waals surface area (Å²) in [7, 11) is 0. The van der Waals surface area contributed by atoms with Crippen LogP contribution in [0.15, 0.2) is 15.5 Å². The molecule has 0 unspecified atom stereocenters. The van der Waals surface area contributed by atoms with Gasteiger partial charge in [0.25, 0.3) is 5.56 Å². The first-order chi connectivity index (χ1) is 7.96. The van der Waals surface area contributed by atoms with Gasteiger partial charge in [-0.2, -0.15) is 5.10 Å². The summed E-state index contributed by atoms with van der Waals surface area (Å²) in [6.07, 6.45) is 3.28. The van der Waals surface area contributed by atoms with Crippen molar-refractivity contribution in [3.05, 3.63) is 21.0 Å². The highest BCUT2D eigenvalue weighted by Crippen LogP contribution is 2.24. The molecule has 96 valence electrons. The number of aliphatic hydroxyl groups excluding tert-OH is 1. The average molecular weight is 304 g/mol. The van der Waals surface area contributed by atoms with E-state index in [0.717, 1.165) is 19.4 Å². The number of rotatable bonds is 6.